The second-order valence-electron chi connectivity index (χ2n) is 1.45. The van der Waals surface area contributed by atoms with Gasteiger partial charge < -0.3 is 10.6 Å². The summed E-state index contributed by atoms with van der Waals surface area (Å²) >= 11 is 0. The summed E-state index contributed by atoms with van der Waals surface area (Å²) in [6.45, 7) is 0.398. The summed E-state index contributed by atoms with van der Waals surface area (Å²) < 4.78 is 0. The van der Waals surface area contributed by atoms with E-state index in [0.717, 1.165) is 0 Å². The Balaban J connectivity index is 3.52. The highest BCUT2D eigenvalue weighted by molar-refractivity contribution is 5.74. The van der Waals surface area contributed by atoms with Gasteiger partial charge in [-0.15, -0.1) is 6.42 Å². The number of terminal acetylenes is 1. The molecule has 0 saturated heterocycles. The van der Waals surface area contributed by atoms with Crippen LogP contribution in [0.25, 0.3) is 0 Å². The fraction of sp³-hybridized carbons (Fsp3) is 0.400. The third-order valence-electron chi connectivity index (χ3n) is 0.740. The van der Waals surface area contributed by atoms with E-state index in [1.54, 1.807) is 7.05 Å². The first kappa shape index (κ1) is 6.83. The number of hydrogen-bond donors (Lipinski definition) is 2. The first-order valence-corrected chi connectivity index (χ1v) is 2.17. The maximum absolute atomic E-state index is 6.81. The molecular weight excluding hydrogens is 102 g/mol. The first-order chi connectivity index (χ1) is 3.68. The topological polar surface area (TPSA) is 53.1 Å². The zero-order chi connectivity index (χ0) is 6.57. The highest BCUT2D eigenvalue weighted by Crippen LogP contribution is 1.73. The molecule has 0 aromatic carbocycles. The summed E-state index contributed by atoms with van der Waals surface area (Å²) in [6, 6.07) is 0. The van der Waals surface area contributed by atoms with Gasteiger partial charge in [0.1, 0.15) is 0 Å². The summed E-state index contributed by atoms with van der Waals surface area (Å²) in [5.41, 5.74) is 5.04. The Morgan fingerprint density at radius 3 is 2.62 bits per heavy atom. The predicted molar refractivity (Wildman–Crippen MR) is 33.4 cm³/mol. The Hall–Kier alpha value is -1.17. The monoisotopic (exact) mass is 111 g/mol. The number of guanidine groups is 1. The Morgan fingerprint density at radius 2 is 2.50 bits per heavy atom. The molecule has 0 aromatic heterocycles. The van der Waals surface area contributed by atoms with Gasteiger partial charge in [-0.3, -0.25) is 5.41 Å². The summed E-state index contributed by atoms with van der Waals surface area (Å²) in [5.74, 6) is 2.36. The van der Waals surface area contributed by atoms with Crippen molar-refractivity contribution < 1.29 is 0 Å². The largest absolute Gasteiger partial charge is 0.370 e. The minimum Gasteiger partial charge on any atom is -0.370 e. The maximum Gasteiger partial charge on any atom is 0.188 e. The lowest BCUT2D eigenvalue weighted by molar-refractivity contribution is 0.562. The van der Waals surface area contributed by atoms with Crippen molar-refractivity contribution in [2.45, 2.75) is 0 Å². The average Bonchev–Trinajstić information content (AvgIpc) is 1.67. The Morgan fingerprint density at radius 1 is 2.00 bits per heavy atom. The zero-order valence-corrected chi connectivity index (χ0v) is 4.81. The normalized spacial score (nSPS) is 7.50. The molecule has 0 atom stereocenters. The molecule has 0 bridgehead atoms. The van der Waals surface area contributed by atoms with Gasteiger partial charge in [0.05, 0.1) is 6.54 Å². The summed E-state index contributed by atoms with van der Waals surface area (Å²) in [5, 5.41) is 6.81. The van der Waals surface area contributed by atoms with Crippen molar-refractivity contribution in [3.63, 3.8) is 0 Å². The molecule has 0 saturated carbocycles. The minimum atomic E-state index is 0.00273. The summed E-state index contributed by atoms with van der Waals surface area (Å²) in [4.78, 5) is 1.47. The van der Waals surface area contributed by atoms with Gasteiger partial charge >= 0.3 is 0 Å². The quantitative estimate of drug-likeness (QED) is 0.271. The molecule has 0 radical (unpaired) electrons. The fourth-order valence-corrected chi connectivity index (χ4v) is 0.222. The molecule has 0 aliphatic rings. The van der Waals surface area contributed by atoms with E-state index in [0.29, 0.717) is 6.54 Å². The molecule has 0 rings (SSSR count). The van der Waals surface area contributed by atoms with Crippen molar-refractivity contribution in [3.05, 3.63) is 0 Å². The van der Waals surface area contributed by atoms with Crippen molar-refractivity contribution in [2.75, 3.05) is 13.6 Å². The molecule has 0 fully saturated rings. The maximum atomic E-state index is 6.81. The van der Waals surface area contributed by atoms with Gasteiger partial charge in [0.25, 0.3) is 0 Å². The van der Waals surface area contributed by atoms with E-state index in [4.69, 9.17) is 17.6 Å². The van der Waals surface area contributed by atoms with Gasteiger partial charge in [-0.25, -0.2) is 0 Å². The van der Waals surface area contributed by atoms with Crippen LogP contribution in [0.2, 0.25) is 0 Å². The van der Waals surface area contributed by atoms with E-state index in [2.05, 4.69) is 5.92 Å². The van der Waals surface area contributed by atoms with Crippen LogP contribution in [0.3, 0.4) is 0 Å². The predicted octanol–water partition coefficient (Wildman–Crippen LogP) is -0.555. The molecule has 8 heavy (non-hydrogen) atoms. The Kier molecular flexibility index (Phi) is 2.49. The van der Waals surface area contributed by atoms with Crippen LogP contribution in [-0.4, -0.2) is 24.5 Å². The van der Waals surface area contributed by atoms with Crippen molar-refractivity contribution in [3.8, 4) is 12.3 Å². The number of nitrogens with one attached hydrogen (secondary N) is 1. The third-order valence-corrected chi connectivity index (χ3v) is 0.740. The lowest BCUT2D eigenvalue weighted by Crippen LogP contribution is -2.32. The smallest absolute Gasteiger partial charge is 0.188 e. The Bertz CT molecular complexity index is 122. The lowest BCUT2D eigenvalue weighted by atomic mass is 10.6. The molecule has 0 spiro atoms. The second kappa shape index (κ2) is 2.92. The van der Waals surface area contributed by atoms with E-state index in [9.17, 15) is 0 Å². The second-order valence-corrected chi connectivity index (χ2v) is 1.45. The van der Waals surface area contributed by atoms with E-state index in [-0.39, 0.29) is 5.96 Å². The van der Waals surface area contributed by atoms with Crippen LogP contribution in [0.5, 0.6) is 0 Å². The minimum absolute atomic E-state index is 0.00273. The number of nitrogens with zero attached hydrogens (tertiary/aromatic N) is 1. The van der Waals surface area contributed by atoms with Gasteiger partial charge in [0.2, 0.25) is 0 Å². The van der Waals surface area contributed by atoms with Crippen LogP contribution in [0.1, 0.15) is 0 Å². The van der Waals surface area contributed by atoms with Crippen LogP contribution in [0.4, 0.5) is 0 Å². The number of rotatable bonds is 1. The van der Waals surface area contributed by atoms with Crippen molar-refractivity contribution in [2.24, 2.45) is 5.73 Å². The third kappa shape index (κ3) is 2.08. The highest BCUT2D eigenvalue weighted by atomic mass is 15.2. The lowest BCUT2D eigenvalue weighted by Gasteiger charge is -2.10. The van der Waals surface area contributed by atoms with Crippen LogP contribution in [0.15, 0.2) is 0 Å². The SMILES string of the molecule is C#CCN(C)C(=N)N. The molecule has 44 valence electrons. The zero-order valence-electron chi connectivity index (χ0n) is 4.81. The van der Waals surface area contributed by atoms with Crippen LogP contribution in [0, 0.1) is 17.8 Å². The van der Waals surface area contributed by atoms with Gasteiger partial charge in [-0.2, -0.15) is 0 Å². The standard InChI is InChI=1S/C5H9N3/c1-3-4-8(2)5(6)7/h1H,4H2,2H3,(H3,6,7). The van der Waals surface area contributed by atoms with Crippen LogP contribution in [-0.2, 0) is 0 Å². The number of hydrogen-bond acceptors (Lipinski definition) is 1. The van der Waals surface area contributed by atoms with Crippen molar-refractivity contribution in [1.82, 2.24) is 4.90 Å². The molecule has 3 heteroatoms. The Labute approximate surface area is 49.0 Å². The van der Waals surface area contributed by atoms with E-state index < -0.39 is 0 Å². The average molecular weight is 111 g/mol. The van der Waals surface area contributed by atoms with E-state index in [1.165, 1.54) is 4.90 Å². The molecule has 0 amide bonds. The summed E-state index contributed by atoms with van der Waals surface area (Å²) in [7, 11) is 1.67. The van der Waals surface area contributed by atoms with Crippen LogP contribution < -0.4 is 5.73 Å². The van der Waals surface area contributed by atoms with Crippen LogP contribution >= 0.6 is 0 Å². The molecule has 0 heterocycles. The molecular formula is C5H9N3. The molecule has 3 N–H and O–H groups in total. The molecule has 0 aliphatic carbocycles. The summed E-state index contributed by atoms with van der Waals surface area (Å²) in [6.07, 6.45) is 4.92. The van der Waals surface area contributed by atoms with Gasteiger partial charge in [-0.1, -0.05) is 5.92 Å². The van der Waals surface area contributed by atoms with Gasteiger partial charge in [0.15, 0.2) is 5.96 Å². The molecule has 3 nitrogen and oxygen atoms in total. The van der Waals surface area contributed by atoms with Gasteiger partial charge in [-0.05, 0) is 0 Å². The van der Waals surface area contributed by atoms with Gasteiger partial charge in [0, 0.05) is 7.05 Å². The molecule has 0 aromatic rings. The molecule has 0 aliphatic heterocycles. The number of nitrogens with two attached hydrogens (primary N) is 1. The van der Waals surface area contributed by atoms with E-state index in [1.807, 2.05) is 0 Å². The fourth-order valence-electron chi connectivity index (χ4n) is 0.222. The van der Waals surface area contributed by atoms with Crippen molar-refractivity contribution >= 4 is 5.96 Å². The first-order valence-electron chi connectivity index (χ1n) is 2.17. The van der Waals surface area contributed by atoms with E-state index >= 15 is 0 Å². The highest BCUT2D eigenvalue weighted by Gasteiger charge is 1.92. The molecule has 0 unspecified atom stereocenters. The van der Waals surface area contributed by atoms with Crippen molar-refractivity contribution in [1.29, 1.82) is 5.41 Å².